The van der Waals surface area contributed by atoms with Gasteiger partial charge in [0.1, 0.15) is 0 Å². The smallest absolute Gasteiger partial charge is 0.230 e. The minimum absolute atomic E-state index is 0. The minimum atomic E-state index is -0.142. The van der Waals surface area contributed by atoms with E-state index in [4.69, 9.17) is 5.73 Å². The first-order valence-corrected chi connectivity index (χ1v) is 7.54. The van der Waals surface area contributed by atoms with Crippen LogP contribution in [-0.4, -0.2) is 30.4 Å². The van der Waals surface area contributed by atoms with Crippen LogP contribution in [-0.2, 0) is 11.3 Å². The molecular weight excluding hydrogens is 321 g/mol. The molecule has 22 heavy (non-hydrogen) atoms. The Hall–Kier alpha value is -0.970. The normalized spacial score (nSPS) is 24.5. The van der Waals surface area contributed by atoms with Crippen LogP contribution in [0.25, 0.3) is 0 Å². The predicted molar refractivity (Wildman–Crippen MR) is 94.5 cm³/mol. The van der Waals surface area contributed by atoms with Crippen molar-refractivity contribution in [2.45, 2.75) is 32.2 Å². The van der Waals surface area contributed by atoms with E-state index in [0.29, 0.717) is 12.5 Å². The minimum Gasteiger partial charge on any atom is -0.399 e. The molecule has 1 spiro atoms. The van der Waals surface area contributed by atoms with Crippen molar-refractivity contribution in [2.24, 2.45) is 5.41 Å². The second-order valence-corrected chi connectivity index (χ2v) is 6.14. The number of nitrogen functional groups attached to an aromatic ring is 1. The fourth-order valence-corrected chi connectivity index (χ4v) is 3.58. The molecule has 2 heterocycles. The predicted octanol–water partition coefficient (Wildman–Crippen LogP) is 2.60. The molecular formula is C16H25Cl2N3O. The first-order chi connectivity index (χ1) is 9.70. The first-order valence-electron chi connectivity index (χ1n) is 7.54. The summed E-state index contributed by atoms with van der Waals surface area (Å²) in [5.41, 5.74) is 7.57. The number of nitrogens with two attached hydrogens (primary N) is 1. The maximum Gasteiger partial charge on any atom is 0.230 e. The largest absolute Gasteiger partial charge is 0.399 e. The summed E-state index contributed by atoms with van der Waals surface area (Å²) in [6.07, 6.45) is 4.28. The van der Waals surface area contributed by atoms with Crippen LogP contribution in [0.5, 0.6) is 0 Å². The van der Waals surface area contributed by atoms with E-state index in [2.05, 4.69) is 5.32 Å². The number of likely N-dealkylation sites (tertiary alicyclic amines) is 1. The van der Waals surface area contributed by atoms with Crippen LogP contribution in [0.2, 0.25) is 0 Å². The fourth-order valence-electron chi connectivity index (χ4n) is 3.58. The van der Waals surface area contributed by atoms with Gasteiger partial charge in [-0.3, -0.25) is 4.79 Å². The molecule has 2 aliphatic rings. The Morgan fingerprint density at radius 2 is 2.00 bits per heavy atom. The maximum absolute atomic E-state index is 12.8. The van der Waals surface area contributed by atoms with Gasteiger partial charge in [-0.25, -0.2) is 0 Å². The Morgan fingerprint density at radius 1 is 1.23 bits per heavy atom. The van der Waals surface area contributed by atoms with Gasteiger partial charge < -0.3 is 16.0 Å². The summed E-state index contributed by atoms with van der Waals surface area (Å²) in [6, 6.07) is 7.85. The quantitative estimate of drug-likeness (QED) is 0.810. The summed E-state index contributed by atoms with van der Waals surface area (Å²) < 4.78 is 0. The number of anilines is 1. The second-order valence-electron chi connectivity index (χ2n) is 6.14. The van der Waals surface area contributed by atoms with Crippen LogP contribution < -0.4 is 11.1 Å². The lowest BCUT2D eigenvalue weighted by Crippen LogP contribution is -2.54. The van der Waals surface area contributed by atoms with Crippen LogP contribution in [0, 0.1) is 5.41 Å². The highest BCUT2D eigenvalue weighted by atomic mass is 35.5. The first kappa shape index (κ1) is 19.1. The molecule has 0 aromatic heterocycles. The van der Waals surface area contributed by atoms with Gasteiger partial charge in [-0.15, -0.1) is 24.8 Å². The monoisotopic (exact) mass is 345 g/mol. The summed E-state index contributed by atoms with van der Waals surface area (Å²) >= 11 is 0. The van der Waals surface area contributed by atoms with Crippen molar-refractivity contribution in [3.63, 3.8) is 0 Å². The molecule has 2 saturated heterocycles. The van der Waals surface area contributed by atoms with Gasteiger partial charge in [-0.05, 0) is 49.9 Å². The number of hydrogen-bond acceptors (Lipinski definition) is 3. The number of amides is 1. The number of halogens is 2. The molecule has 4 nitrogen and oxygen atoms in total. The number of rotatable bonds is 2. The number of carbonyl (C=O) groups excluding carboxylic acids is 1. The number of nitrogens with zero attached hydrogens (tertiary/aromatic N) is 1. The average molecular weight is 346 g/mol. The lowest BCUT2D eigenvalue weighted by Gasteiger charge is -2.44. The van der Waals surface area contributed by atoms with E-state index in [1.165, 1.54) is 0 Å². The van der Waals surface area contributed by atoms with Crippen molar-refractivity contribution in [1.82, 2.24) is 10.2 Å². The molecule has 2 aliphatic heterocycles. The van der Waals surface area contributed by atoms with Crippen molar-refractivity contribution < 1.29 is 4.79 Å². The number of hydrogen-bond donors (Lipinski definition) is 2. The van der Waals surface area contributed by atoms with E-state index in [0.717, 1.165) is 56.6 Å². The van der Waals surface area contributed by atoms with E-state index < -0.39 is 0 Å². The molecule has 1 unspecified atom stereocenters. The summed E-state index contributed by atoms with van der Waals surface area (Å²) in [4.78, 5) is 14.9. The van der Waals surface area contributed by atoms with Crippen LogP contribution in [0.4, 0.5) is 5.69 Å². The summed E-state index contributed by atoms with van der Waals surface area (Å²) in [7, 11) is 0. The molecule has 6 heteroatoms. The maximum atomic E-state index is 12.8. The van der Waals surface area contributed by atoms with E-state index >= 15 is 0 Å². The van der Waals surface area contributed by atoms with Crippen molar-refractivity contribution >= 4 is 36.4 Å². The molecule has 0 saturated carbocycles. The highest BCUT2D eigenvalue weighted by Gasteiger charge is 2.44. The lowest BCUT2D eigenvalue weighted by molar-refractivity contribution is -0.148. The van der Waals surface area contributed by atoms with Crippen LogP contribution >= 0.6 is 24.8 Å². The molecule has 0 radical (unpaired) electrons. The highest BCUT2D eigenvalue weighted by molar-refractivity contribution is 5.85. The third-order valence-corrected chi connectivity index (χ3v) is 4.62. The second kappa shape index (κ2) is 8.04. The van der Waals surface area contributed by atoms with Gasteiger partial charge in [0.15, 0.2) is 0 Å². The van der Waals surface area contributed by atoms with E-state index in [1.54, 1.807) is 0 Å². The van der Waals surface area contributed by atoms with Crippen LogP contribution in [0.15, 0.2) is 24.3 Å². The Labute approximate surface area is 144 Å². The van der Waals surface area contributed by atoms with Gasteiger partial charge in [0.05, 0.1) is 5.41 Å². The number of nitrogens with one attached hydrogen (secondary N) is 1. The molecule has 1 aromatic rings. The van der Waals surface area contributed by atoms with Gasteiger partial charge >= 0.3 is 0 Å². The van der Waals surface area contributed by atoms with Crippen LogP contribution in [0.1, 0.15) is 31.2 Å². The summed E-state index contributed by atoms with van der Waals surface area (Å²) in [5, 5.41) is 3.40. The molecule has 0 aliphatic carbocycles. The molecule has 124 valence electrons. The van der Waals surface area contributed by atoms with Gasteiger partial charge in [-0.2, -0.15) is 0 Å². The fraction of sp³-hybridized carbons (Fsp3) is 0.562. The van der Waals surface area contributed by atoms with Gasteiger partial charge in [-0.1, -0.05) is 12.1 Å². The standard InChI is InChI=1S/C16H23N3O.2ClH/c17-14-5-1-4-13(10-14)11-19-9-3-7-16(15(19)20)6-2-8-18-12-16;;/h1,4-5,10,18H,2-3,6-9,11-12,17H2;2*1H. The molecule has 1 aromatic carbocycles. The number of piperidine rings is 2. The Kier molecular flexibility index (Phi) is 6.98. The van der Waals surface area contributed by atoms with Gasteiger partial charge in [0.25, 0.3) is 0 Å². The Morgan fingerprint density at radius 3 is 2.68 bits per heavy atom. The number of carbonyl (C=O) groups is 1. The van der Waals surface area contributed by atoms with Crippen LogP contribution in [0.3, 0.4) is 0 Å². The topological polar surface area (TPSA) is 58.4 Å². The van der Waals surface area contributed by atoms with E-state index in [9.17, 15) is 4.79 Å². The molecule has 3 rings (SSSR count). The van der Waals surface area contributed by atoms with E-state index in [-0.39, 0.29) is 30.2 Å². The Balaban J connectivity index is 0.00000121. The zero-order valence-electron chi connectivity index (χ0n) is 12.7. The average Bonchev–Trinajstić information content (AvgIpc) is 2.45. The summed E-state index contributed by atoms with van der Waals surface area (Å²) in [5.74, 6) is 0.332. The molecule has 2 fully saturated rings. The Bertz CT molecular complexity index is 498. The number of benzene rings is 1. The van der Waals surface area contributed by atoms with Gasteiger partial charge in [0.2, 0.25) is 5.91 Å². The lowest BCUT2D eigenvalue weighted by atomic mass is 9.73. The van der Waals surface area contributed by atoms with Gasteiger partial charge in [0, 0.05) is 25.3 Å². The van der Waals surface area contributed by atoms with Crippen molar-refractivity contribution in [3.8, 4) is 0 Å². The summed E-state index contributed by atoms with van der Waals surface area (Å²) in [6.45, 7) is 3.45. The molecule has 3 N–H and O–H groups in total. The SMILES string of the molecule is Cl.Cl.Nc1cccc(CN2CCCC3(CCCNC3)C2=O)c1. The van der Waals surface area contributed by atoms with Crippen molar-refractivity contribution in [1.29, 1.82) is 0 Å². The molecule has 1 atom stereocenters. The van der Waals surface area contributed by atoms with Crippen molar-refractivity contribution in [2.75, 3.05) is 25.4 Å². The zero-order valence-corrected chi connectivity index (χ0v) is 14.3. The molecule has 0 bridgehead atoms. The zero-order chi connectivity index (χ0) is 14.0. The highest BCUT2D eigenvalue weighted by Crippen LogP contribution is 2.37. The van der Waals surface area contributed by atoms with Crippen molar-refractivity contribution in [3.05, 3.63) is 29.8 Å². The third kappa shape index (κ3) is 3.86. The molecule has 1 amide bonds. The third-order valence-electron chi connectivity index (χ3n) is 4.62. The van der Waals surface area contributed by atoms with E-state index in [1.807, 2.05) is 29.2 Å².